The molecule has 154 valence electrons. The van der Waals surface area contributed by atoms with Crippen LogP contribution in [-0.4, -0.2) is 22.8 Å². The summed E-state index contributed by atoms with van der Waals surface area (Å²) in [6, 6.07) is 30.4. The van der Waals surface area contributed by atoms with Crippen LogP contribution >= 0.6 is 11.3 Å². The molecule has 3 aromatic carbocycles. The van der Waals surface area contributed by atoms with Crippen molar-refractivity contribution in [2.24, 2.45) is 5.10 Å². The highest BCUT2D eigenvalue weighted by Crippen LogP contribution is 2.52. The maximum absolute atomic E-state index is 14.2. The molecule has 1 spiro atoms. The van der Waals surface area contributed by atoms with E-state index in [4.69, 9.17) is 5.10 Å². The first-order valence-corrected chi connectivity index (χ1v) is 11.3. The van der Waals surface area contributed by atoms with Crippen molar-refractivity contribution in [2.75, 3.05) is 5.01 Å². The molecule has 0 fully saturated rings. The molecule has 4 aromatic rings. The normalized spacial score (nSPS) is 18.8. The van der Waals surface area contributed by atoms with Crippen LogP contribution in [0, 0.1) is 0 Å². The Balaban J connectivity index is 1.67. The van der Waals surface area contributed by atoms with Gasteiger partial charge in [-0.1, -0.05) is 78.9 Å². The van der Waals surface area contributed by atoms with Gasteiger partial charge in [0.1, 0.15) is 0 Å². The lowest BCUT2D eigenvalue weighted by Crippen LogP contribution is -2.56. The zero-order valence-corrected chi connectivity index (χ0v) is 17.8. The molecule has 0 bridgehead atoms. The number of para-hydroxylation sites is 1. The molecule has 2 heterocycles. The molecular formula is C27H18N2O2S. The molecule has 0 saturated heterocycles. The van der Waals surface area contributed by atoms with Crippen LogP contribution in [0.1, 0.15) is 37.1 Å². The summed E-state index contributed by atoms with van der Waals surface area (Å²) in [6.45, 7) is 0. The topological polar surface area (TPSA) is 49.7 Å². The van der Waals surface area contributed by atoms with Crippen molar-refractivity contribution in [3.63, 3.8) is 0 Å². The third kappa shape index (κ3) is 2.46. The van der Waals surface area contributed by atoms with Gasteiger partial charge in [0.25, 0.3) is 0 Å². The molecule has 1 aromatic heterocycles. The minimum Gasteiger partial charge on any atom is -0.291 e. The van der Waals surface area contributed by atoms with Crippen LogP contribution in [0.3, 0.4) is 0 Å². The monoisotopic (exact) mass is 434 g/mol. The summed E-state index contributed by atoms with van der Waals surface area (Å²) in [7, 11) is 0. The Hall–Kier alpha value is -3.83. The van der Waals surface area contributed by atoms with Crippen molar-refractivity contribution in [3.8, 4) is 0 Å². The molecule has 2 aliphatic rings. The highest BCUT2D eigenvalue weighted by molar-refractivity contribution is 7.10. The van der Waals surface area contributed by atoms with Gasteiger partial charge in [-0.2, -0.15) is 5.10 Å². The lowest BCUT2D eigenvalue weighted by molar-refractivity contribution is 0.0792. The van der Waals surface area contributed by atoms with Crippen LogP contribution in [0.5, 0.6) is 0 Å². The van der Waals surface area contributed by atoms with Gasteiger partial charge in [-0.05, 0) is 29.1 Å². The van der Waals surface area contributed by atoms with Crippen molar-refractivity contribution in [3.05, 3.63) is 124 Å². The zero-order valence-electron chi connectivity index (χ0n) is 17.0. The number of carbonyl (C=O) groups excluding carboxylic acids is 2. The quantitative estimate of drug-likeness (QED) is 0.396. The molecule has 1 aliphatic carbocycles. The van der Waals surface area contributed by atoms with Crippen molar-refractivity contribution < 1.29 is 9.59 Å². The summed E-state index contributed by atoms with van der Waals surface area (Å²) in [5.41, 5.74) is 1.79. The highest BCUT2D eigenvalue weighted by Gasteiger charge is 2.66. The van der Waals surface area contributed by atoms with E-state index in [1.807, 2.05) is 90.3 Å². The number of rotatable bonds is 3. The Bertz CT molecular complexity index is 1330. The summed E-state index contributed by atoms with van der Waals surface area (Å²) >= 11 is 1.55. The molecule has 1 aliphatic heterocycles. The average molecular weight is 435 g/mol. The van der Waals surface area contributed by atoms with E-state index >= 15 is 0 Å². The summed E-state index contributed by atoms with van der Waals surface area (Å²) in [4.78, 5) is 29.3. The van der Waals surface area contributed by atoms with Gasteiger partial charge < -0.3 is 0 Å². The Morgan fingerprint density at radius 1 is 0.719 bits per heavy atom. The fourth-order valence-electron chi connectivity index (χ4n) is 4.87. The number of ketones is 2. The summed E-state index contributed by atoms with van der Waals surface area (Å²) < 4.78 is 0. The minimum atomic E-state index is -1.49. The number of anilines is 1. The molecule has 32 heavy (non-hydrogen) atoms. The number of hydrogen-bond acceptors (Lipinski definition) is 5. The van der Waals surface area contributed by atoms with Crippen LogP contribution in [0.4, 0.5) is 5.69 Å². The molecule has 0 saturated carbocycles. The predicted molar refractivity (Wildman–Crippen MR) is 127 cm³/mol. The van der Waals surface area contributed by atoms with E-state index in [2.05, 4.69) is 0 Å². The molecule has 0 radical (unpaired) electrons. The molecule has 4 nitrogen and oxygen atoms in total. The lowest BCUT2D eigenvalue weighted by atomic mass is 9.75. The van der Waals surface area contributed by atoms with E-state index in [-0.39, 0.29) is 11.6 Å². The number of carbonyl (C=O) groups is 2. The van der Waals surface area contributed by atoms with Crippen molar-refractivity contribution in [2.45, 2.75) is 11.5 Å². The number of hydrogen-bond donors (Lipinski definition) is 0. The Kier molecular flexibility index (Phi) is 4.20. The van der Waals surface area contributed by atoms with E-state index in [9.17, 15) is 9.59 Å². The predicted octanol–water partition coefficient (Wildman–Crippen LogP) is 5.57. The van der Waals surface area contributed by atoms with E-state index < -0.39 is 11.5 Å². The maximum atomic E-state index is 14.2. The fraction of sp³-hybridized carbons (Fsp3) is 0.0741. The number of nitrogens with zero attached hydrogens (tertiary/aromatic N) is 2. The second-order valence-corrected chi connectivity index (χ2v) is 8.90. The first kappa shape index (κ1) is 18.9. The van der Waals surface area contributed by atoms with E-state index in [0.29, 0.717) is 11.1 Å². The van der Waals surface area contributed by atoms with Gasteiger partial charge >= 0.3 is 0 Å². The van der Waals surface area contributed by atoms with Gasteiger partial charge in [0.15, 0.2) is 11.6 Å². The molecular weight excluding hydrogens is 416 g/mol. The average Bonchev–Trinajstić information content (AvgIpc) is 3.55. The number of thiophene rings is 1. The lowest BCUT2D eigenvalue weighted by Gasteiger charge is -2.35. The first-order chi connectivity index (χ1) is 15.7. The third-order valence-corrected chi connectivity index (χ3v) is 7.18. The summed E-state index contributed by atoms with van der Waals surface area (Å²) in [5.74, 6) is -0.914. The number of Topliss-reactive ketones (excluding diaryl/α,β-unsaturated/α-hetero) is 2. The van der Waals surface area contributed by atoms with E-state index in [1.165, 1.54) is 0 Å². The SMILES string of the molecule is O=C1c2ccccc2C(=O)C12[C@@H](c1cccs1)C(c1ccccc1)=NN2c1ccccc1. The van der Waals surface area contributed by atoms with Crippen molar-refractivity contribution >= 4 is 34.3 Å². The van der Waals surface area contributed by atoms with Crippen LogP contribution in [0.25, 0.3) is 0 Å². The largest absolute Gasteiger partial charge is 0.291 e. The summed E-state index contributed by atoms with van der Waals surface area (Å²) in [6.07, 6.45) is 0. The van der Waals surface area contributed by atoms with Crippen molar-refractivity contribution in [1.29, 1.82) is 0 Å². The molecule has 1 atom stereocenters. The van der Waals surface area contributed by atoms with Gasteiger partial charge in [-0.25, -0.2) is 5.01 Å². The van der Waals surface area contributed by atoms with Crippen LogP contribution in [0.2, 0.25) is 0 Å². The van der Waals surface area contributed by atoms with Crippen LogP contribution < -0.4 is 5.01 Å². The standard InChI is InChI=1S/C27H18N2O2S/c30-25-20-14-7-8-15-21(20)26(31)27(25)23(22-16-9-17-32-22)24(18-10-3-1-4-11-18)28-29(27)19-12-5-2-6-13-19/h1-17,23H/t23-/m0/s1. The Morgan fingerprint density at radius 3 is 1.91 bits per heavy atom. The van der Waals surface area contributed by atoms with Crippen LogP contribution in [0.15, 0.2) is 108 Å². The molecule has 0 amide bonds. The number of fused-ring (bicyclic) bond motifs is 1. The molecule has 0 unspecified atom stereocenters. The van der Waals surface area contributed by atoms with Gasteiger partial charge in [0, 0.05) is 16.0 Å². The number of hydrazone groups is 1. The zero-order chi connectivity index (χ0) is 21.7. The fourth-order valence-corrected chi connectivity index (χ4v) is 5.76. The Labute approximate surface area is 189 Å². The first-order valence-electron chi connectivity index (χ1n) is 10.4. The van der Waals surface area contributed by atoms with E-state index in [1.54, 1.807) is 28.5 Å². The smallest absolute Gasteiger partial charge is 0.201 e. The highest BCUT2D eigenvalue weighted by atomic mass is 32.1. The summed E-state index contributed by atoms with van der Waals surface area (Å²) in [5, 5.41) is 8.65. The Morgan fingerprint density at radius 2 is 1.31 bits per heavy atom. The second kappa shape index (κ2) is 7.11. The maximum Gasteiger partial charge on any atom is 0.201 e. The molecule has 0 N–H and O–H groups in total. The van der Waals surface area contributed by atoms with E-state index in [0.717, 1.165) is 21.8 Å². The molecule has 5 heteroatoms. The molecule has 6 rings (SSSR count). The van der Waals surface area contributed by atoms with Gasteiger partial charge in [0.2, 0.25) is 5.54 Å². The number of benzene rings is 3. The van der Waals surface area contributed by atoms with Crippen molar-refractivity contribution in [1.82, 2.24) is 0 Å². The minimum absolute atomic E-state index is 0.199. The van der Waals surface area contributed by atoms with Crippen LogP contribution in [-0.2, 0) is 0 Å². The van der Waals surface area contributed by atoms with Gasteiger partial charge in [0.05, 0.1) is 17.3 Å². The second-order valence-electron chi connectivity index (χ2n) is 7.92. The van der Waals surface area contributed by atoms with Gasteiger partial charge in [-0.15, -0.1) is 11.3 Å². The van der Waals surface area contributed by atoms with Gasteiger partial charge in [-0.3, -0.25) is 9.59 Å². The third-order valence-electron chi connectivity index (χ3n) is 6.24.